The molecule has 1 aromatic carbocycles. The summed E-state index contributed by atoms with van der Waals surface area (Å²) in [7, 11) is 0. The van der Waals surface area contributed by atoms with Gasteiger partial charge in [-0.25, -0.2) is 8.78 Å². The number of benzene rings is 2. The Kier molecular flexibility index (Phi) is 4.28. The van der Waals surface area contributed by atoms with E-state index in [1.54, 1.807) is 12.2 Å². The maximum atomic E-state index is 14.4. The molecule has 2 N–H and O–H groups in total. The van der Waals surface area contributed by atoms with Crippen molar-refractivity contribution >= 4 is 22.2 Å². The number of nitrogens with zero attached hydrogens (tertiary/aromatic N) is 1. The number of allylic oxidation sites excluding steroid dienone is 4. The van der Waals surface area contributed by atoms with Crippen molar-refractivity contribution in [2.75, 3.05) is 0 Å². The van der Waals surface area contributed by atoms with Crippen LogP contribution in [0, 0.1) is 16.5 Å². The lowest BCUT2D eigenvalue weighted by molar-refractivity contribution is 0.593. The van der Waals surface area contributed by atoms with Gasteiger partial charge in [-0.3, -0.25) is 4.79 Å². The van der Waals surface area contributed by atoms with Crippen molar-refractivity contribution in [3.8, 4) is 11.3 Å². The molecule has 0 aromatic heterocycles. The topological polar surface area (TPSA) is 85.7 Å². The first-order valence-corrected chi connectivity index (χ1v) is 8.82. The Hall–Kier alpha value is -3.45. The minimum atomic E-state index is -0.949. The number of hydrogen-bond acceptors (Lipinski definition) is 5. The Morgan fingerprint density at radius 3 is 2.52 bits per heavy atom. The molecule has 0 amide bonds. The zero-order valence-corrected chi connectivity index (χ0v) is 15.6. The van der Waals surface area contributed by atoms with E-state index in [4.69, 9.17) is 10.2 Å². The Morgan fingerprint density at radius 1 is 1.07 bits per heavy atom. The quantitative estimate of drug-likeness (QED) is 0.479. The van der Waals surface area contributed by atoms with Gasteiger partial charge in [0.2, 0.25) is 5.43 Å². The van der Waals surface area contributed by atoms with Crippen LogP contribution in [0.5, 0.6) is 0 Å². The molecule has 0 saturated heterocycles. The highest BCUT2D eigenvalue weighted by Gasteiger charge is 2.24. The van der Waals surface area contributed by atoms with Crippen molar-refractivity contribution in [1.82, 2.24) is 0 Å². The van der Waals surface area contributed by atoms with Crippen LogP contribution in [0.15, 0.2) is 68.5 Å². The van der Waals surface area contributed by atoms with Crippen molar-refractivity contribution in [2.24, 2.45) is 10.9 Å². The van der Waals surface area contributed by atoms with Gasteiger partial charge < -0.3 is 10.2 Å². The highest BCUT2D eigenvalue weighted by molar-refractivity contribution is 6.02. The predicted octanol–water partition coefficient (Wildman–Crippen LogP) is 5.19. The van der Waals surface area contributed by atoms with Gasteiger partial charge in [-0.1, -0.05) is 24.3 Å². The monoisotopic (exact) mass is 394 g/mol. The highest BCUT2D eigenvalue weighted by atomic mass is 19.1. The molecule has 0 radical (unpaired) electrons. The van der Waals surface area contributed by atoms with Crippen molar-refractivity contribution in [1.29, 1.82) is 0 Å². The number of nitrogens with two attached hydrogens (primary N) is 1. The Morgan fingerprint density at radius 2 is 1.79 bits per heavy atom. The van der Waals surface area contributed by atoms with E-state index >= 15 is 0 Å². The lowest BCUT2D eigenvalue weighted by Crippen LogP contribution is -2.30. The van der Waals surface area contributed by atoms with E-state index in [2.05, 4.69) is 5.18 Å². The number of rotatable bonds is 2. The lowest BCUT2D eigenvalue weighted by Gasteiger charge is -2.17. The summed E-state index contributed by atoms with van der Waals surface area (Å²) < 4.78 is 34.2. The third-order valence-corrected chi connectivity index (χ3v) is 4.94. The van der Waals surface area contributed by atoms with Crippen molar-refractivity contribution in [3.63, 3.8) is 0 Å². The number of nitroso groups, excluding NO2 is 1. The maximum absolute atomic E-state index is 14.4. The van der Waals surface area contributed by atoms with E-state index in [1.165, 1.54) is 0 Å². The van der Waals surface area contributed by atoms with E-state index in [9.17, 15) is 18.5 Å². The zero-order valence-electron chi connectivity index (χ0n) is 15.6. The summed E-state index contributed by atoms with van der Waals surface area (Å²) in [5, 5.41) is 2.98. The fourth-order valence-corrected chi connectivity index (χ4v) is 3.39. The molecule has 1 heterocycles. The molecular weight excluding hydrogens is 378 g/mol. The summed E-state index contributed by atoms with van der Waals surface area (Å²) >= 11 is 0. The van der Waals surface area contributed by atoms with Gasteiger partial charge in [0.1, 0.15) is 17.0 Å². The minimum absolute atomic E-state index is 0.111. The van der Waals surface area contributed by atoms with Crippen LogP contribution in [0.1, 0.15) is 19.4 Å². The van der Waals surface area contributed by atoms with Gasteiger partial charge in [0.25, 0.3) is 0 Å². The maximum Gasteiger partial charge on any atom is 0.217 e. The second-order valence-corrected chi connectivity index (χ2v) is 7.28. The first kappa shape index (κ1) is 18.9. The van der Waals surface area contributed by atoms with Crippen LogP contribution in [0.25, 0.3) is 27.9 Å². The van der Waals surface area contributed by atoms with E-state index in [1.807, 2.05) is 26.0 Å². The van der Waals surface area contributed by atoms with E-state index in [0.29, 0.717) is 22.1 Å². The molecule has 3 aliphatic rings. The molecule has 29 heavy (non-hydrogen) atoms. The smallest absolute Gasteiger partial charge is 0.217 e. The molecule has 5 nitrogen and oxygen atoms in total. The average Bonchev–Trinajstić information content (AvgIpc) is 2.80. The minimum Gasteiger partial charge on any atom is -0.456 e. The molecule has 146 valence electrons. The zero-order chi connectivity index (χ0) is 20.9. The Bertz CT molecular complexity index is 1300. The van der Waals surface area contributed by atoms with Gasteiger partial charge in [-0.2, -0.15) is 0 Å². The summed E-state index contributed by atoms with van der Waals surface area (Å²) in [4.78, 5) is 22.7. The molecule has 0 fully saturated rings. The van der Waals surface area contributed by atoms with Crippen LogP contribution in [0.2, 0.25) is 0 Å². The number of halogens is 2. The number of fused-ring (bicyclic) bond motifs is 2. The van der Waals surface area contributed by atoms with E-state index < -0.39 is 28.3 Å². The highest BCUT2D eigenvalue weighted by Crippen LogP contribution is 2.41. The summed E-state index contributed by atoms with van der Waals surface area (Å²) in [5.74, 6) is -1.67. The summed E-state index contributed by atoms with van der Waals surface area (Å²) in [6.45, 7) is 3.66. The molecule has 2 aliphatic carbocycles. The summed E-state index contributed by atoms with van der Waals surface area (Å²) in [6.07, 6.45) is 7.19. The molecule has 1 atom stereocenters. The molecule has 0 spiro atoms. The normalized spacial score (nSPS) is 19.2. The second kappa shape index (κ2) is 6.56. The van der Waals surface area contributed by atoms with Gasteiger partial charge in [-0.05, 0) is 42.3 Å². The van der Waals surface area contributed by atoms with Gasteiger partial charge in [0, 0.05) is 28.6 Å². The standard InChI is InChI=1S/C22H16F2N2O3/c1-11-3-5-22(2,25)6-4-12(11)21-13-7-15(23)17(26-28)9-19(13)29-20-10-18(27)16(24)8-14(20)21/h3-10H,25H2,1-2H3. The Balaban J connectivity index is 2.20. The van der Waals surface area contributed by atoms with Gasteiger partial charge in [0.05, 0.1) is 5.54 Å². The van der Waals surface area contributed by atoms with Crippen LogP contribution in [-0.2, 0) is 0 Å². The van der Waals surface area contributed by atoms with Crippen LogP contribution in [0.4, 0.5) is 14.5 Å². The number of hydrogen-bond donors (Lipinski definition) is 1. The van der Waals surface area contributed by atoms with Crippen molar-refractivity contribution in [3.05, 3.63) is 86.5 Å². The van der Waals surface area contributed by atoms with Crippen LogP contribution in [0.3, 0.4) is 0 Å². The first-order chi connectivity index (χ1) is 13.7. The largest absolute Gasteiger partial charge is 0.456 e. The van der Waals surface area contributed by atoms with Crippen molar-refractivity contribution in [2.45, 2.75) is 19.4 Å². The third-order valence-electron chi connectivity index (χ3n) is 4.94. The van der Waals surface area contributed by atoms with E-state index in [-0.39, 0.29) is 11.3 Å². The fraction of sp³-hybridized carbons (Fsp3) is 0.136. The van der Waals surface area contributed by atoms with Gasteiger partial charge in [0.15, 0.2) is 11.6 Å². The molecule has 4 rings (SSSR count). The van der Waals surface area contributed by atoms with Gasteiger partial charge >= 0.3 is 0 Å². The lowest BCUT2D eigenvalue weighted by atomic mass is 9.90. The van der Waals surface area contributed by atoms with Crippen LogP contribution in [-0.4, -0.2) is 5.54 Å². The molecule has 1 aliphatic heterocycles. The molecule has 1 unspecified atom stereocenters. The average molecular weight is 394 g/mol. The van der Waals surface area contributed by atoms with Gasteiger partial charge in [-0.15, -0.1) is 4.91 Å². The van der Waals surface area contributed by atoms with Crippen LogP contribution < -0.4 is 11.2 Å². The molecule has 7 heteroatoms. The molecular formula is C22H16F2N2O3. The summed E-state index contributed by atoms with van der Waals surface area (Å²) in [5.41, 5.74) is 6.59. The molecule has 0 bridgehead atoms. The first-order valence-electron chi connectivity index (χ1n) is 8.82. The van der Waals surface area contributed by atoms with E-state index in [0.717, 1.165) is 29.8 Å². The predicted molar refractivity (Wildman–Crippen MR) is 108 cm³/mol. The fourth-order valence-electron chi connectivity index (χ4n) is 3.39. The summed E-state index contributed by atoms with van der Waals surface area (Å²) in [6, 6.07) is 4.39. The van der Waals surface area contributed by atoms with Crippen molar-refractivity contribution < 1.29 is 13.2 Å². The Labute approximate surface area is 164 Å². The second-order valence-electron chi connectivity index (χ2n) is 7.28. The molecule has 1 aromatic rings. The third kappa shape index (κ3) is 3.19. The SMILES string of the molecule is CC1=C(c2c3cc(F)c(=O)cc-3oc3cc(N=O)c(F)cc23)C=CC(C)(N)C=C1. The molecule has 0 saturated carbocycles. The van der Waals surface area contributed by atoms with Crippen LogP contribution >= 0.6 is 0 Å².